The first-order valence-electron chi connectivity index (χ1n) is 8.13. The molecule has 0 saturated heterocycles. The van der Waals surface area contributed by atoms with Gasteiger partial charge in [-0.15, -0.1) is 0 Å². The minimum Gasteiger partial charge on any atom is -0.451 e. The van der Waals surface area contributed by atoms with Crippen LogP contribution in [0, 0.1) is 20.8 Å². The lowest BCUT2D eigenvalue weighted by Gasteiger charge is -2.07. The Labute approximate surface area is 155 Å². The van der Waals surface area contributed by atoms with Gasteiger partial charge in [-0.05, 0) is 38.5 Å². The summed E-state index contributed by atoms with van der Waals surface area (Å²) in [5.74, 6) is -0.192. The number of para-hydroxylation sites is 1. The van der Waals surface area contributed by atoms with Gasteiger partial charge in [0.1, 0.15) is 5.58 Å². The third-order valence-corrected chi connectivity index (χ3v) is 4.97. The predicted octanol–water partition coefficient (Wildman–Crippen LogP) is 4.08. The minimum absolute atomic E-state index is 0.138. The third-order valence-electron chi connectivity index (χ3n) is 4.12. The molecule has 0 saturated carbocycles. The van der Waals surface area contributed by atoms with Gasteiger partial charge in [-0.3, -0.25) is 9.59 Å². The first-order valence-corrected chi connectivity index (χ1v) is 9.12. The molecule has 0 fully saturated rings. The van der Waals surface area contributed by atoms with Gasteiger partial charge in [-0.2, -0.15) is 0 Å². The number of thioether (sulfide) groups is 1. The van der Waals surface area contributed by atoms with Gasteiger partial charge in [-0.1, -0.05) is 23.9 Å². The molecule has 2 heterocycles. The first-order chi connectivity index (χ1) is 12.4. The van der Waals surface area contributed by atoms with Crippen LogP contribution in [0.15, 0.2) is 33.8 Å². The van der Waals surface area contributed by atoms with E-state index in [1.54, 1.807) is 6.07 Å². The van der Waals surface area contributed by atoms with Crippen LogP contribution in [-0.2, 0) is 4.79 Å². The van der Waals surface area contributed by atoms with Crippen LogP contribution in [0.2, 0.25) is 0 Å². The van der Waals surface area contributed by atoms with E-state index in [1.807, 2.05) is 39.0 Å². The molecule has 0 unspecified atom stereocenters. The first kappa shape index (κ1) is 18.1. The highest BCUT2D eigenvalue weighted by molar-refractivity contribution is 7.99. The molecule has 0 aliphatic carbocycles. The largest absolute Gasteiger partial charge is 0.451 e. The summed E-state index contributed by atoms with van der Waals surface area (Å²) in [5, 5.41) is 4.06. The molecule has 1 N–H and O–H groups in total. The molecule has 0 aliphatic rings. The molecular formula is C19H19N3O3S. The Morgan fingerprint density at radius 3 is 2.42 bits per heavy atom. The van der Waals surface area contributed by atoms with Crippen LogP contribution in [0.1, 0.15) is 34.4 Å². The van der Waals surface area contributed by atoms with Crippen molar-refractivity contribution < 1.29 is 14.0 Å². The van der Waals surface area contributed by atoms with Crippen LogP contribution >= 0.6 is 11.8 Å². The van der Waals surface area contributed by atoms with E-state index < -0.39 is 0 Å². The topological polar surface area (TPSA) is 85.1 Å². The van der Waals surface area contributed by atoms with Crippen molar-refractivity contribution in [1.82, 2.24) is 9.97 Å². The van der Waals surface area contributed by atoms with E-state index in [1.165, 1.54) is 18.7 Å². The lowest BCUT2D eigenvalue weighted by atomic mass is 10.2. The van der Waals surface area contributed by atoms with E-state index in [2.05, 4.69) is 15.3 Å². The second kappa shape index (κ2) is 7.29. The lowest BCUT2D eigenvalue weighted by Crippen LogP contribution is -2.16. The maximum absolute atomic E-state index is 12.4. The van der Waals surface area contributed by atoms with Gasteiger partial charge in [0.2, 0.25) is 5.91 Å². The average molecular weight is 369 g/mol. The van der Waals surface area contributed by atoms with Crippen LogP contribution < -0.4 is 5.32 Å². The predicted molar refractivity (Wildman–Crippen MR) is 102 cm³/mol. The van der Waals surface area contributed by atoms with Gasteiger partial charge in [0, 0.05) is 23.7 Å². The van der Waals surface area contributed by atoms with Crippen molar-refractivity contribution in [2.45, 2.75) is 32.9 Å². The average Bonchev–Trinajstić information content (AvgIpc) is 2.96. The van der Waals surface area contributed by atoms with Crippen molar-refractivity contribution in [3.05, 3.63) is 47.0 Å². The van der Waals surface area contributed by atoms with Crippen molar-refractivity contribution in [2.24, 2.45) is 0 Å². The van der Waals surface area contributed by atoms with Gasteiger partial charge in [0.05, 0.1) is 11.4 Å². The van der Waals surface area contributed by atoms with Crippen LogP contribution in [0.5, 0.6) is 0 Å². The number of benzene rings is 1. The molecule has 3 rings (SSSR count). The standard InChI is InChI=1S/C19H19N3O3S/c1-10-11(2)20-19(21-12(10)3)26-9-16(24)22-17-14-7-5-6-8-15(14)25-18(17)13(4)23/h5-8H,9H2,1-4H3,(H,22,24). The summed E-state index contributed by atoms with van der Waals surface area (Å²) in [6.45, 7) is 7.22. The Balaban J connectivity index is 1.77. The highest BCUT2D eigenvalue weighted by Crippen LogP contribution is 2.31. The van der Waals surface area contributed by atoms with Gasteiger partial charge >= 0.3 is 0 Å². The van der Waals surface area contributed by atoms with E-state index in [0.717, 1.165) is 17.0 Å². The summed E-state index contributed by atoms with van der Waals surface area (Å²) in [7, 11) is 0. The highest BCUT2D eigenvalue weighted by atomic mass is 32.2. The van der Waals surface area contributed by atoms with E-state index in [9.17, 15) is 9.59 Å². The molecule has 7 heteroatoms. The molecule has 3 aromatic rings. The van der Waals surface area contributed by atoms with Gasteiger partial charge < -0.3 is 9.73 Å². The monoisotopic (exact) mass is 369 g/mol. The number of ketones is 1. The number of furan rings is 1. The van der Waals surface area contributed by atoms with E-state index >= 15 is 0 Å². The quantitative estimate of drug-likeness (QED) is 0.414. The number of carbonyl (C=O) groups excluding carboxylic acids is 2. The fourth-order valence-corrected chi connectivity index (χ4v) is 3.26. The minimum atomic E-state index is -0.247. The molecule has 0 radical (unpaired) electrons. The number of nitrogens with zero attached hydrogens (tertiary/aromatic N) is 2. The fraction of sp³-hybridized carbons (Fsp3) is 0.263. The van der Waals surface area contributed by atoms with Crippen molar-refractivity contribution >= 4 is 40.1 Å². The number of fused-ring (bicyclic) bond motifs is 1. The number of carbonyl (C=O) groups is 2. The van der Waals surface area contributed by atoms with Crippen LogP contribution in [0.3, 0.4) is 0 Å². The number of rotatable bonds is 5. The van der Waals surface area contributed by atoms with Gasteiger partial charge in [0.15, 0.2) is 16.7 Å². The van der Waals surface area contributed by atoms with Crippen LogP contribution in [0.4, 0.5) is 5.69 Å². The smallest absolute Gasteiger partial charge is 0.234 e. The summed E-state index contributed by atoms with van der Waals surface area (Å²) in [6, 6.07) is 7.22. The number of Topliss-reactive ketones (excluding diaryl/α,β-unsaturated/α-hetero) is 1. The summed E-state index contributed by atoms with van der Waals surface area (Å²) in [5.41, 5.74) is 3.83. The normalized spacial score (nSPS) is 10.9. The van der Waals surface area contributed by atoms with Gasteiger partial charge in [0.25, 0.3) is 0 Å². The maximum atomic E-state index is 12.4. The SMILES string of the molecule is CC(=O)c1oc2ccccc2c1NC(=O)CSc1nc(C)c(C)c(C)n1. The number of hydrogen-bond acceptors (Lipinski definition) is 6. The highest BCUT2D eigenvalue weighted by Gasteiger charge is 2.19. The zero-order chi connectivity index (χ0) is 18.8. The molecule has 26 heavy (non-hydrogen) atoms. The van der Waals surface area contributed by atoms with E-state index in [0.29, 0.717) is 21.8 Å². The molecule has 0 spiro atoms. The Hall–Kier alpha value is -2.67. The molecule has 2 aromatic heterocycles. The molecule has 1 amide bonds. The number of anilines is 1. The Bertz CT molecular complexity index is 987. The maximum Gasteiger partial charge on any atom is 0.234 e. The molecule has 0 aliphatic heterocycles. The Morgan fingerprint density at radius 1 is 1.12 bits per heavy atom. The lowest BCUT2D eigenvalue weighted by molar-refractivity contribution is -0.113. The number of amides is 1. The third kappa shape index (κ3) is 3.62. The number of aryl methyl sites for hydroxylation is 2. The van der Waals surface area contributed by atoms with Crippen molar-refractivity contribution in [3.8, 4) is 0 Å². The molecule has 1 aromatic carbocycles. The van der Waals surface area contributed by atoms with Crippen molar-refractivity contribution in [2.75, 3.05) is 11.1 Å². The number of aromatic nitrogens is 2. The second-order valence-corrected chi connectivity index (χ2v) is 6.94. The van der Waals surface area contributed by atoms with Crippen molar-refractivity contribution in [3.63, 3.8) is 0 Å². The van der Waals surface area contributed by atoms with Crippen molar-refractivity contribution in [1.29, 1.82) is 0 Å². The molecule has 0 atom stereocenters. The molecule has 0 bridgehead atoms. The van der Waals surface area contributed by atoms with Crippen LogP contribution in [-0.4, -0.2) is 27.4 Å². The van der Waals surface area contributed by atoms with E-state index in [-0.39, 0.29) is 23.2 Å². The zero-order valence-electron chi connectivity index (χ0n) is 15.0. The number of hydrogen-bond donors (Lipinski definition) is 1. The second-order valence-electron chi connectivity index (χ2n) is 6.00. The zero-order valence-corrected chi connectivity index (χ0v) is 15.9. The Morgan fingerprint density at radius 2 is 1.77 bits per heavy atom. The summed E-state index contributed by atoms with van der Waals surface area (Å²) in [4.78, 5) is 33.0. The molecule has 134 valence electrons. The molecule has 6 nitrogen and oxygen atoms in total. The van der Waals surface area contributed by atoms with Crippen LogP contribution in [0.25, 0.3) is 11.0 Å². The van der Waals surface area contributed by atoms with E-state index in [4.69, 9.17) is 4.42 Å². The molecular weight excluding hydrogens is 350 g/mol. The Kier molecular flexibility index (Phi) is 5.08. The van der Waals surface area contributed by atoms with Gasteiger partial charge in [-0.25, -0.2) is 9.97 Å². The fourth-order valence-electron chi connectivity index (χ4n) is 2.53. The number of nitrogens with one attached hydrogen (secondary N) is 1. The summed E-state index contributed by atoms with van der Waals surface area (Å²) in [6.07, 6.45) is 0. The summed E-state index contributed by atoms with van der Waals surface area (Å²) < 4.78 is 5.57. The summed E-state index contributed by atoms with van der Waals surface area (Å²) >= 11 is 1.26.